The predicted octanol–water partition coefficient (Wildman–Crippen LogP) is 1.80. The molecule has 78 valence electrons. The maximum atomic E-state index is 11.8. The highest BCUT2D eigenvalue weighted by Crippen LogP contribution is 2.44. The van der Waals surface area contributed by atoms with Gasteiger partial charge in [0.25, 0.3) is 0 Å². The molecule has 1 aromatic rings. The van der Waals surface area contributed by atoms with E-state index in [9.17, 15) is 9.59 Å². The second-order valence-electron chi connectivity index (χ2n) is 3.75. The predicted molar refractivity (Wildman–Crippen MR) is 58.5 cm³/mol. The number of aromatic nitrogens is 1. The minimum atomic E-state index is -0.0712. The molecule has 1 aromatic heterocycles. The fourth-order valence-corrected chi connectivity index (χ4v) is 3.26. The van der Waals surface area contributed by atoms with Crippen molar-refractivity contribution in [1.29, 1.82) is 0 Å². The molecule has 0 bridgehead atoms. The maximum Gasteiger partial charge on any atom is 0.239 e. The molecule has 0 unspecified atom stereocenters. The number of halogens is 1. The number of rotatable bonds is 1. The average Bonchev–Trinajstić information content (AvgIpc) is 2.55. The minimum absolute atomic E-state index is 0.0693. The third-order valence-electron chi connectivity index (χ3n) is 3.01. The van der Waals surface area contributed by atoms with E-state index >= 15 is 0 Å². The van der Waals surface area contributed by atoms with Crippen LogP contribution in [-0.2, 0) is 9.59 Å². The summed E-state index contributed by atoms with van der Waals surface area (Å²) in [6.07, 6.45) is 3.30. The van der Waals surface area contributed by atoms with Crippen LogP contribution in [0.15, 0.2) is 9.98 Å². The first-order valence-corrected chi connectivity index (χ1v) is 6.28. The first-order valence-electron chi connectivity index (χ1n) is 4.67. The summed E-state index contributed by atoms with van der Waals surface area (Å²) < 4.78 is 0.831. The van der Waals surface area contributed by atoms with Crippen molar-refractivity contribution in [2.24, 2.45) is 11.8 Å². The molecule has 2 atom stereocenters. The van der Waals surface area contributed by atoms with Crippen molar-refractivity contribution in [1.82, 2.24) is 4.98 Å². The van der Waals surface area contributed by atoms with Gasteiger partial charge in [-0.1, -0.05) is 11.3 Å². The van der Waals surface area contributed by atoms with Gasteiger partial charge < -0.3 is 0 Å². The molecule has 0 spiro atoms. The van der Waals surface area contributed by atoms with Crippen LogP contribution in [0.4, 0.5) is 5.13 Å². The highest BCUT2D eigenvalue weighted by Gasteiger charge is 2.53. The summed E-state index contributed by atoms with van der Waals surface area (Å²) in [5.74, 6) is -0.281. The molecular weight excluding hydrogens is 280 g/mol. The molecule has 0 N–H and O–H groups in total. The zero-order valence-electron chi connectivity index (χ0n) is 7.64. The maximum absolute atomic E-state index is 11.8. The van der Waals surface area contributed by atoms with Crippen LogP contribution in [0.2, 0.25) is 0 Å². The number of amides is 2. The average molecular weight is 287 g/mol. The van der Waals surface area contributed by atoms with Crippen molar-refractivity contribution in [2.75, 3.05) is 4.90 Å². The van der Waals surface area contributed by atoms with E-state index < -0.39 is 0 Å². The third-order valence-corrected chi connectivity index (χ3v) is 4.47. The Kier molecular flexibility index (Phi) is 1.97. The Balaban J connectivity index is 1.99. The SMILES string of the molecule is O=C1[C@H]2CC[C@H]2C(=O)N1c1ncc(Br)s1. The number of imide groups is 1. The van der Waals surface area contributed by atoms with Crippen LogP contribution in [0.1, 0.15) is 12.8 Å². The third kappa shape index (κ3) is 1.21. The van der Waals surface area contributed by atoms with Crippen LogP contribution in [-0.4, -0.2) is 16.8 Å². The van der Waals surface area contributed by atoms with E-state index in [0.29, 0.717) is 5.13 Å². The lowest BCUT2D eigenvalue weighted by Gasteiger charge is -2.23. The molecule has 0 radical (unpaired) electrons. The quantitative estimate of drug-likeness (QED) is 0.740. The van der Waals surface area contributed by atoms with E-state index in [1.165, 1.54) is 16.2 Å². The van der Waals surface area contributed by atoms with Crippen molar-refractivity contribution in [3.8, 4) is 0 Å². The number of hydrogen-bond acceptors (Lipinski definition) is 4. The van der Waals surface area contributed by atoms with Crippen molar-refractivity contribution in [3.63, 3.8) is 0 Å². The summed E-state index contributed by atoms with van der Waals surface area (Å²) in [6, 6.07) is 0. The molecule has 4 nitrogen and oxygen atoms in total. The van der Waals surface area contributed by atoms with E-state index in [1.807, 2.05) is 0 Å². The van der Waals surface area contributed by atoms with Gasteiger partial charge in [0.1, 0.15) is 0 Å². The van der Waals surface area contributed by atoms with E-state index in [0.717, 1.165) is 16.6 Å². The molecule has 0 aromatic carbocycles. The molecule has 3 rings (SSSR count). The van der Waals surface area contributed by atoms with Crippen LogP contribution < -0.4 is 4.90 Å². The molecule has 1 aliphatic heterocycles. The summed E-state index contributed by atoms with van der Waals surface area (Å²) in [5, 5.41) is 0.492. The first kappa shape index (κ1) is 9.47. The molecule has 6 heteroatoms. The molecule has 2 aliphatic rings. The lowest BCUT2D eigenvalue weighted by atomic mass is 9.76. The molecule has 1 saturated carbocycles. The van der Waals surface area contributed by atoms with Gasteiger partial charge >= 0.3 is 0 Å². The topological polar surface area (TPSA) is 50.3 Å². The fourth-order valence-electron chi connectivity index (χ4n) is 2.07. The molecule has 15 heavy (non-hydrogen) atoms. The number of fused-ring (bicyclic) bond motifs is 1. The second kappa shape index (κ2) is 3.12. The van der Waals surface area contributed by atoms with Gasteiger partial charge in [0.2, 0.25) is 11.8 Å². The lowest BCUT2D eigenvalue weighted by Crippen LogP contribution is -2.29. The Hall–Kier alpha value is -0.750. The molecule has 1 aliphatic carbocycles. The second-order valence-corrected chi connectivity index (χ2v) is 6.14. The first-order chi connectivity index (χ1) is 7.18. The number of nitrogens with zero attached hydrogens (tertiary/aromatic N) is 2. The van der Waals surface area contributed by atoms with E-state index in [1.54, 1.807) is 6.20 Å². The Morgan fingerprint density at radius 2 is 1.93 bits per heavy atom. The number of carbonyl (C=O) groups excluding carboxylic acids is 2. The molecule has 1 saturated heterocycles. The monoisotopic (exact) mass is 286 g/mol. The Morgan fingerprint density at radius 3 is 2.33 bits per heavy atom. The number of hydrogen-bond donors (Lipinski definition) is 0. The summed E-state index contributed by atoms with van der Waals surface area (Å²) in [6.45, 7) is 0. The highest BCUT2D eigenvalue weighted by atomic mass is 79.9. The van der Waals surface area contributed by atoms with Crippen molar-refractivity contribution in [3.05, 3.63) is 9.98 Å². The number of carbonyl (C=O) groups is 2. The fraction of sp³-hybridized carbons (Fsp3) is 0.444. The summed E-state index contributed by atoms with van der Waals surface area (Å²) >= 11 is 4.59. The largest absolute Gasteiger partial charge is 0.274 e. The number of thiazole rings is 1. The van der Waals surface area contributed by atoms with Gasteiger partial charge in [-0.3, -0.25) is 9.59 Å². The smallest absolute Gasteiger partial charge is 0.239 e. The van der Waals surface area contributed by atoms with Crippen LogP contribution >= 0.6 is 27.3 Å². The Labute approximate surface area is 98.4 Å². The summed E-state index contributed by atoms with van der Waals surface area (Å²) in [4.78, 5) is 29.0. The van der Waals surface area contributed by atoms with Crippen LogP contribution in [0.3, 0.4) is 0 Å². The van der Waals surface area contributed by atoms with Crippen molar-refractivity contribution in [2.45, 2.75) is 12.8 Å². The summed E-state index contributed by atoms with van der Waals surface area (Å²) in [5.41, 5.74) is 0. The van der Waals surface area contributed by atoms with E-state index in [-0.39, 0.29) is 23.7 Å². The van der Waals surface area contributed by atoms with Gasteiger partial charge in [0, 0.05) is 0 Å². The Bertz CT molecular complexity index is 437. The molecular formula is C9H7BrN2O2S. The standard InChI is InChI=1S/C9H7BrN2O2S/c10-6-3-11-9(15-6)12-7(13)4-1-2-5(4)8(12)14/h3-5H,1-2H2/t4-,5+. The minimum Gasteiger partial charge on any atom is -0.274 e. The van der Waals surface area contributed by atoms with Gasteiger partial charge in [-0.25, -0.2) is 9.88 Å². The highest BCUT2D eigenvalue weighted by molar-refractivity contribution is 9.11. The van der Waals surface area contributed by atoms with Crippen LogP contribution in [0.5, 0.6) is 0 Å². The summed E-state index contributed by atoms with van der Waals surface area (Å²) in [7, 11) is 0. The van der Waals surface area contributed by atoms with Gasteiger partial charge in [-0.15, -0.1) is 0 Å². The van der Waals surface area contributed by atoms with Gasteiger partial charge in [0.05, 0.1) is 21.8 Å². The lowest BCUT2D eigenvalue weighted by molar-refractivity contribution is -0.123. The number of anilines is 1. The zero-order chi connectivity index (χ0) is 10.6. The van der Waals surface area contributed by atoms with Crippen molar-refractivity contribution >= 4 is 44.2 Å². The van der Waals surface area contributed by atoms with E-state index in [2.05, 4.69) is 20.9 Å². The molecule has 2 amide bonds. The molecule has 2 fully saturated rings. The zero-order valence-corrected chi connectivity index (χ0v) is 10.0. The van der Waals surface area contributed by atoms with Crippen molar-refractivity contribution < 1.29 is 9.59 Å². The van der Waals surface area contributed by atoms with Gasteiger partial charge in [0.15, 0.2) is 5.13 Å². The van der Waals surface area contributed by atoms with Crippen LogP contribution in [0.25, 0.3) is 0 Å². The normalized spacial score (nSPS) is 29.3. The Morgan fingerprint density at radius 1 is 1.33 bits per heavy atom. The van der Waals surface area contributed by atoms with Gasteiger partial charge in [-0.05, 0) is 28.8 Å². The van der Waals surface area contributed by atoms with Crippen LogP contribution in [0, 0.1) is 11.8 Å². The molecule has 2 heterocycles. The van der Waals surface area contributed by atoms with Gasteiger partial charge in [-0.2, -0.15) is 0 Å². The van der Waals surface area contributed by atoms with E-state index in [4.69, 9.17) is 0 Å².